The number of fused-ring (bicyclic) bond motifs is 2. The van der Waals surface area contributed by atoms with Crippen molar-refractivity contribution in [2.75, 3.05) is 49.7 Å². The summed E-state index contributed by atoms with van der Waals surface area (Å²) in [4.78, 5) is 29.8. The summed E-state index contributed by atoms with van der Waals surface area (Å²) in [7, 11) is 0. The van der Waals surface area contributed by atoms with Gasteiger partial charge >= 0.3 is 0 Å². The molecule has 0 unspecified atom stereocenters. The second-order valence-electron chi connectivity index (χ2n) is 8.48. The van der Waals surface area contributed by atoms with E-state index >= 15 is 0 Å². The van der Waals surface area contributed by atoms with Gasteiger partial charge in [0, 0.05) is 5.56 Å². The maximum Gasteiger partial charge on any atom is 0.285 e. The van der Waals surface area contributed by atoms with Crippen LogP contribution in [0.4, 0.5) is 11.4 Å². The number of benzene rings is 2. The Bertz CT molecular complexity index is 1000. The number of quaternary nitrogens is 2. The van der Waals surface area contributed by atoms with Gasteiger partial charge in [-0.1, -0.05) is 12.1 Å². The van der Waals surface area contributed by atoms with Crippen LogP contribution in [0.3, 0.4) is 0 Å². The summed E-state index contributed by atoms with van der Waals surface area (Å²) in [5.41, 5.74) is 2.72. The van der Waals surface area contributed by atoms with Crippen LogP contribution in [0, 0.1) is 0 Å². The molecule has 8 heteroatoms. The molecule has 1 saturated heterocycles. The second-order valence-corrected chi connectivity index (χ2v) is 8.48. The topological polar surface area (TPSA) is 76.8 Å². The molecule has 0 spiro atoms. The van der Waals surface area contributed by atoms with Crippen LogP contribution in [0.15, 0.2) is 42.5 Å². The van der Waals surface area contributed by atoms with Gasteiger partial charge in [-0.2, -0.15) is 0 Å². The van der Waals surface area contributed by atoms with Gasteiger partial charge in [-0.05, 0) is 37.3 Å². The standard InChI is InChI=1S/C23H26N4O4/c1-16(23(29)27-14-22(28)24-18-4-2-3-5-19(18)27)26-10-8-25(9-11-26)13-17-6-7-20-21(12-17)31-15-30-20/h2-7,12,16H,8-11,13-15H2,1H3,(H,24,28)/p+2/t16-/m1/s1. The van der Waals surface area contributed by atoms with E-state index in [1.165, 1.54) is 15.4 Å². The van der Waals surface area contributed by atoms with Crippen molar-refractivity contribution in [1.82, 2.24) is 0 Å². The third kappa shape index (κ3) is 3.96. The molecule has 0 bridgehead atoms. The zero-order chi connectivity index (χ0) is 21.4. The van der Waals surface area contributed by atoms with Gasteiger partial charge in [0.15, 0.2) is 17.5 Å². The number of ether oxygens (including phenoxy) is 2. The van der Waals surface area contributed by atoms with Gasteiger partial charge in [0.05, 0.1) is 11.4 Å². The fourth-order valence-electron chi connectivity index (χ4n) is 4.71. The molecule has 0 saturated carbocycles. The highest BCUT2D eigenvalue weighted by Gasteiger charge is 2.36. The lowest BCUT2D eigenvalue weighted by Crippen LogP contribution is -3.29. The average Bonchev–Trinajstić information content (AvgIpc) is 3.26. The van der Waals surface area contributed by atoms with Gasteiger partial charge in [0.2, 0.25) is 12.7 Å². The van der Waals surface area contributed by atoms with Crippen LogP contribution in [0.25, 0.3) is 0 Å². The highest BCUT2D eigenvalue weighted by Crippen LogP contribution is 2.32. The number of anilines is 2. The molecule has 3 N–H and O–H groups in total. The molecule has 2 amide bonds. The molecule has 0 radical (unpaired) electrons. The Morgan fingerprint density at radius 1 is 1.10 bits per heavy atom. The zero-order valence-electron chi connectivity index (χ0n) is 17.6. The summed E-state index contributed by atoms with van der Waals surface area (Å²) < 4.78 is 10.9. The largest absolute Gasteiger partial charge is 0.454 e. The monoisotopic (exact) mass is 424 g/mol. The van der Waals surface area contributed by atoms with Crippen LogP contribution in [0.5, 0.6) is 11.5 Å². The van der Waals surface area contributed by atoms with Crippen molar-refractivity contribution < 1.29 is 28.9 Å². The lowest BCUT2D eigenvalue weighted by atomic mass is 10.1. The lowest BCUT2D eigenvalue weighted by Gasteiger charge is -2.36. The lowest BCUT2D eigenvalue weighted by molar-refractivity contribution is -1.02. The van der Waals surface area contributed by atoms with Gasteiger partial charge in [-0.3, -0.25) is 14.5 Å². The van der Waals surface area contributed by atoms with E-state index in [0.29, 0.717) is 12.5 Å². The van der Waals surface area contributed by atoms with E-state index in [1.807, 2.05) is 37.3 Å². The Morgan fingerprint density at radius 2 is 1.87 bits per heavy atom. The van der Waals surface area contributed by atoms with Crippen LogP contribution in [0.1, 0.15) is 12.5 Å². The molecule has 3 aliphatic heterocycles. The van der Waals surface area contributed by atoms with Gasteiger partial charge in [-0.25, -0.2) is 0 Å². The summed E-state index contributed by atoms with van der Waals surface area (Å²) in [6.45, 7) is 7.14. The summed E-state index contributed by atoms with van der Waals surface area (Å²) in [5.74, 6) is 1.50. The van der Waals surface area contributed by atoms with Gasteiger partial charge in [0.25, 0.3) is 5.91 Å². The van der Waals surface area contributed by atoms with E-state index in [4.69, 9.17) is 9.47 Å². The Morgan fingerprint density at radius 3 is 2.71 bits per heavy atom. The van der Waals surface area contributed by atoms with Crippen molar-refractivity contribution in [3.05, 3.63) is 48.0 Å². The Hall–Kier alpha value is -3.10. The third-order valence-electron chi connectivity index (χ3n) is 6.51. The molecule has 0 aromatic heterocycles. The van der Waals surface area contributed by atoms with Crippen molar-refractivity contribution in [1.29, 1.82) is 0 Å². The number of rotatable bonds is 4. The number of para-hydroxylation sites is 2. The molecule has 3 aliphatic rings. The number of nitrogens with one attached hydrogen (secondary N) is 3. The first-order valence-corrected chi connectivity index (χ1v) is 10.9. The number of nitrogens with zero attached hydrogens (tertiary/aromatic N) is 1. The van der Waals surface area contributed by atoms with E-state index in [9.17, 15) is 9.59 Å². The number of piperazine rings is 1. The normalized spacial score (nSPS) is 23.1. The summed E-state index contributed by atoms with van der Waals surface area (Å²) >= 11 is 0. The van der Waals surface area contributed by atoms with E-state index in [1.54, 1.807) is 4.90 Å². The predicted molar refractivity (Wildman–Crippen MR) is 115 cm³/mol. The van der Waals surface area contributed by atoms with Gasteiger partial charge in [-0.15, -0.1) is 0 Å². The van der Waals surface area contributed by atoms with Gasteiger partial charge < -0.3 is 24.6 Å². The molecule has 8 nitrogen and oxygen atoms in total. The molecular weight excluding hydrogens is 396 g/mol. The van der Waals surface area contributed by atoms with Crippen molar-refractivity contribution in [2.45, 2.75) is 19.5 Å². The first-order valence-electron chi connectivity index (χ1n) is 10.9. The maximum absolute atomic E-state index is 13.3. The van der Waals surface area contributed by atoms with Crippen LogP contribution in [-0.2, 0) is 16.1 Å². The van der Waals surface area contributed by atoms with Crippen molar-refractivity contribution >= 4 is 23.2 Å². The van der Waals surface area contributed by atoms with Gasteiger partial charge in [0.1, 0.15) is 39.3 Å². The minimum Gasteiger partial charge on any atom is -0.454 e. The Kier molecular flexibility index (Phi) is 5.25. The molecule has 162 valence electrons. The Labute approximate surface area is 181 Å². The number of carbonyl (C=O) groups is 2. The Balaban J connectivity index is 1.20. The highest BCUT2D eigenvalue weighted by molar-refractivity contribution is 6.10. The fraction of sp³-hybridized carbons (Fsp3) is 0.391. The molecule has 2 aromatic carbocycles. The zero-order valence-corrected chi connectivity index (χ0v) is 17.6. The third-order valence-corrected chi connectivity index (χ3v) is 6.51. The fourth-order valence-corrected chi connectivity index (χ4v) is 4.71. The SMILES string of the molecule is C[C@H](C(=O)N1CC(=O)Nc2ccccc21)[NH+]1CC[NH+](Cc2ccc3c(c2)OCO3)CC1. The number of amides is 2. The number of carbonyl (C=O) groups excluding carboxylic acids is 2. The molecular formula is C23H28N4O4+2. The van der Waals surface area contributed by atoms with Crippen LogP contribution < -0.4 is 29.5 Å². The first kappa shape index (κ1) is 19.8. The average molecular weight is 425 g/mol. The highest BCUT2D eigenvalue weighted by atomic mass is 16.7. The summed E-state index contributed by atoms with van der Waals surface area (Å²) in [6.07, 6.45) is 0. The van der Waals surface area contributed by atoms with Crippen molar-refractivity contribution in [3.63, 3.8) is 0 Å². The van der Waals surface area contributed by atoms with Crippen molar-refractivity contribution in [2.24, 2.45) is 0 Å². The quantitative estimate of drug-likeness (QED) is 0.593. The minimum absolute atomic E-state index is 0.0107. The number of hydrogen-bond donors (Lipinski definition) is 3. The number of hydrogen-bond acceptors (Lipinski definition) is 4. The predicted octanol–water partition coefficient (Wildman–Crippen LogP) is -0.927. The molecule has 3 heterocycles. The van der Waals surface area contributed by atoms with Crippen LogP contribution >= 0.6 is 0 Å². The minimum atomic E-state index is -0.189. The smallest absolute Gasteiger partial charge is 0.285 e. The van der Waals surface area contributed by atoms with E-state index < -0.39 is 0 Å². The summed E-state index contributed by atoms with van der Waals surface area (Å²) in [5, 5.41) is 2.85. The maximum atomic E-state index is 13.3. The van der Waals surface area contributed by atoms with E-state index in [2.05, 4.69) is 17.4 Å². The molecule has 1 fully saturated rings. The van der Waals surface area contributed by atoms with E-state index in [-0.39, 0.29) is 24.4 Å². The van der Waals surface area contributed by atoms with E-state index in [0.717, 1.165) is 49.9 Å². The molecule has 5 rings (SSSR count). The summed E-state index contributed by atoms with van der Waals surface area (Å²) in [6, 6.07) is 13.4. The van der Waals surface area contributed by atoms with Crippen molar-refractivity contribution in [3.8, 4) is 11.5 Å². The molecule has 31 heavy (non-hydrogen) atoms. The first-order chi connectivity index (χ1) is 15.1. The second kappa shape index (κ2) is 8.20. The molecule has 1 atom stereocenters. The van der Waals surface area contributed by atoms with Crippen LogP contribution in [-0.4, -0.2) is 57.4 Å². The van der Waals surface area contributed by atoms with Crippen LogP contribution in [0.2, 0.25) is 0 Å². The molecule has 2 aromatic rings. The molecule has 0 aliphatic carbocycles.